The minimum Gasteiger partial charge on any atom is -0.357 e. The number of nitrogens with zero attached hydrogens (tertiary/aromatic N) is 8. The molecule has 12 rings (SSSR count). The molecule has 0 N–H and O–H groups in total. The van der Waals surface area contributed by atoms with Crippen LogP contribution in [0.3, 0.4) is 0 Å². The Bertz CT molecular complexity index is 3650. The molecule has 0 atom stereocenters. The fourth-order valence-corrected chi connectivity index (χ4v) is 9.94. The molecule has 8 amide bonds. The molecule has 7 aromatic rings. The predicted molar refractivity (Wildman–Crippen MR) is 254 cm³/mol. The van der Waals surface area contributed by atoms with Gasteiger partial charge in [-0.2, -0.15) is 0 Å². The Hall–Kier alpha value is -9.83. The lowest BCUT2D eigenvalue weighted by Gasteiger charge is -2.34. The topological polar surface area (TPSA) is 182 Å². The SMILES string of the molecule is CN1C=CC(=C(C=C(c2cc[n+](C)cc2)N2C(=O)c3ccc4c5c(ccc(c35)C2=O)C(=O)N(Cc2ccncc2)C4=O)N2C(=O)c3ccc4c5c(ccc(c35)C2=O)C(=O)N(Cc2ccncc2)C4=O)C=C1. The molecule has 8 heterocycles. The van der Waals surface area contributed by atoms with Crippen LogP contribution in [0.5, 0.6) is 0 Å². The van der Waals surface area contributed by atoms with Crippen LogP contribution in [-0.4, -0.2) is 88.8 Å². The molecule has 0 aliphatic carbocycles. The first-order chi connectivity index (χ1) is 34.4. The van der Waals surface area contributed by atoms with Crippen LogP contribution in [0.2, 0.25) is 0 Å². The van der Waals surface area contributed by atoms with Gasteiger partial charge in [-0.1, -0.05) is 0 Å². The maximum atomic E-state index is 15.2. The Morgan fingerprint density at radius 3 is 1.17 bits per heavy atom. The van der Waals surface area contributed by atoms with Gasteiger partial charge in [0.1, 0.15) is 7.05 Å². The van der Waals surface area contributed by atoms with Crippen LogP contribution in [0.15, 0.2) is 164 Å². The number of amides is 8. The number of aryl methyl sites for hydroxylation is 1. The number of aromatic nitrogens is 3. The second-order valence-corrected chi connectivity index (χ2v) is 17.6. The number of benzene rings is 4. The number of imide groups is 4. The van der Waals surface area contributed by atoms with Crippen molar-refractivity contribution in [1.82, 2.24) is 34.5 Å². The lowest BCUT2D eigenvalue weighted by Crippen LogP contribution is -2.43. The smallest absolute Gasteiger partial charge is 0.266 e. The number of pyridine rings is 3. The van der Waals surface area contributed by atoms with Crippen molar-refractivity contribution in [2.75, 3.05) is 7.05 Å². The number of carbonyl (C=O) groups excluding carboxylic acids is 8. The molecule has 0 fully saturated rings. The van der Waals surface area contributed by atoms with Crippen molar-refractivity contribution in [3.63, 3.8) is 0 Å². The number of hydrogen-bond donors (Lipinski definition) is 0. The minimum atomic E-state index is -0.781. The van der Waals surface area contributed by atoms with Gasteiger partial charge >= 0.3 is 0 Å². The van der Waals surface area contributed by atoms with E-state index in [4.69, 9.17) is 0 Å². The lowest BCUT2D eigenvalue weighted by atomic mass is 9.85. The third-order valence-electron chi connectivity index (χ3n) is 13.4. The predicted octanol–water partition coefficient (Wildman–Crippen LogP) is 6.36. The van der Waals surface area contributed by atoms with Gasteiger partial charge in [-0.3, -0.25) is 58.1 Å². The van der Waals surface area contributed by atoms with E-state index in [1.807, 2.05) is 0 Å². The molecule has 0 saturated heterocycles. The van der Waals surface area contributed by atoms with E-state index in [0.29, 0.717) is 22.3 Å². The van der Waals surface area contributed by atoms with Crippen molar-refractivity contribution < 1.29 is 42.9 Å². The lowest BCUT2D eigenvalue weighted by molar-refractivity contribution is -0.671. The third-order valence-corrected chi connectivity index (χ3v) is 13.4. The summed E-state index contributed by atoms with van der Waals surface area (Å²) in [7, 11) is 3.59. The molecule has 342 valence electrons. The number of hydrogen-bond acceptors (Lipinski definition) is 11. The van der Waals surface area contributed by atoms with E-state index in [-0.39, 0.29) is 90.5 Å². The highest BCUT2D eigenvalue weighted by molar-refractivity contribution is 6.36. The molecule has 0 unspecified atom stereocenters. The average molecular weight is 936 g/mol. The molecule has 0 bridgehead atoms. The number of rotatable bonds is 8. The molecule has 0 spiro atoms. The zero-order valence-corrected chi connectivity index (χ0v) is 37.7. The number of allylic oxidation sites excluding steroid dienone is 4. The van der Waals surface area contributed by atoms with Crippen molar-refractivity contribution in [2.45, 2.75) is 13.1 Å². The Kier molecular flexibility index (Phi) is 9.51. The second-order valence-electron chi connectivity index (χ2n) is 17.6. The van der Waals surface area contributed by atoms with Gasteiger partial charge in [0.2, 0.25) is 0 Å². The Morgan fingerprint density at radius 1 is 0.465 bits per heavy atom. The molecule has 71 heavy (non-hydrogen) atoms. The summed E-state index contributed by atoms with van der Waals surface area (Å²) < 4.78 is 1.76. The summed E-state index contributed by atoms with van der Waals surface area (Å²) in [5.41, 5.74) is 2.89. The van der Waals surface area contributed by atoms with Crippen LogP contribution in [0, 0.1) is 0 Å². The van der Waals surface area contributed by atoms with E-state index < -0.39 is 47.3 Å². The summed E-state index contributed by atoms with van der Waals surface area (Å²) in [5, 5.41) is 0.699. The molecule has 16 nitrogen and oxygen atoms in total. The van der Waals surface area contributed by atoms with Gasteiger partial charge in [0, 0.05) is 134 Å². The van der Waals surface area contributed by atoms with Crippen molar-refractivity contribution in [3.8, 4) is 0 Å². The molecule has 16 heteroatoms. The Labute approximate surface area is 402 Å². The van der Waals surface area contributed by atoms with Gasteiger partial charge < -0.3 is 4.90 Å². The molecular weight excluding hydrogens is 901 g/mol. The fourth-order valence-electron chi connectivity index (χ4n) is 9.94. The normalized spacial score (nSPS) is 16.2. The first-order valence-corrected chi connectivity index (χ1v) is 22.4. The third kappa shape index (κ3) is 6.41. The van der Waals surface area contributed by atoms with E-state index in [9.17, 15) is 19.2 Å². The first-order valence-electron chi connectivity index (χ1n) is 22.4. The van der Waals surface area contributed by atoms with Crippen LogP contribution in [0.4, 0.5) is 0 Å². The minimum absolute atomic E-state index is 0.000630. The summed E-state index contributed by atoms with van der Waals surface area (Å²) >= 11 is 0. The van der Waals surface area contributed by atoms with Crippen LogP contribution < -0.4 is 4.57 Å². The first kappa shape index (κ1) is 42.5. The summed E-state index contributed by atoms with van der Waals surface area (Å²) in [6, 6.07) is 22.0. The largest absolute Gasteiger partial charge is 0.357 e. The molecule has 0 radical (unpaired) electrons. The van der Waals surface area contributed by atoms with Crippen molar-refractivity contribution in [3.05, 3.63) is 225 Å². The second kappa shape index (κ2) is 15.9. The summed E-state index contributed by atoms with van der Waals surface area (Å²) in [6.07, 6.45) is 17.9. The maximum absolute atomic E-state index is 15.2. The standard InChI is InChI=1S/C55H35N8O8/c1-58-23-15-32(16-24-58)42(62-52(68)38-7-3-34-44-35(4-8-39(46(38)44)53(62)69)49(65)60(48(34)64)28-30-11-19-56-20-12-30)27-43(33-17-25-59(2)26-18-33)63-54(70)40-9-5-36-45-37(6-10-41(47(40)45)55(63)71)51(67)61(50(36)66)29-31-13-21-57-22-14-31/h3-27H,28-29H2,1-2H3/q+1. The fraction of sp³-hybridized carbons (Fsp3) is 0.0727. The van der Waals surface area contributed by atoms with E-state index in [0.717, 1.165) is 19.6 Å². The van der Waals surface area contributed by atoms with Gasteiger partial charge in [0.25, 0.3) is 47.3 Å². The summed E-state index contributed by atoms with van der Waals surface area (Å²) in [4.78, 5) is 131. The molecule has 4 aromatic carbocycles. The van der Waals surface area contributed by atoms with Crippen molar-refractivity contribution in [2.24, 2.45) is 7.05 Å². The van der Waals surface area contributed by atoms with Gasteiger partial charge in [-0.25, -0.2) is 14.4 Å². The number of carbonyl (C=O) groups is 8. The maximum Gasteiger partial charge on any atom is 0.266 e. The van der Waals surface area contributed by atoms with Crippen LogP contribution in [0.1, 0.15) is 99.6 Å². The van der Waals surface area contributed by atoms with Crippen LogP contribution in [0.25, 0.3) is 27.2 Å². The molecule has 5 aliphatic rings. The zero-order valence-electron chi connectivity index (χ0n) is 37.7. The van der Waals surface area contributed by atoms with Gasteiger partial charge in [0.05, 0.1) is 24.5 Å². The molecule has 0 saturated carbocycles. The molecule has 5 aliphatic heterocycles. The van der Waals surface area contributed by atoms with Gasteiger partial charge in [-0.15, -0.1) is 0 Å². The monoisotopic (exact) mass is 935 g/mol. The van der Waals surface area contributed by atoms with E-state index in [2.05, 4.69) is 9.97 Å². The van der Waals surface area contributed by atoms with Gasteiger partial charge in [-0.05, 0) is 102 Å². The van der Waals surface area contributed by atoms with Gasteiger partial charge in [0.15, 0.2) is 12.4 Å². The molecular formula is C55H35N8O8+. The zero-order chi connectivity index (χ0) is 49.0. The van der Waals surface area contributed by atoms with Crippen LogP contribution in [-0.2, 0) is 20.1 Å². The summed E-state index contributed by atoms with van der Waals surface area (Å²) in [6.45, 7) is -0.0392. The highest BCUT2D eigenvalue weighted by Gasteiger charge is 2.44. The highest BCUT2D eigenvalue weighted by atomic mass is 16.2. The Morgan fingerprint density at radius 2 is 0.803 bits per heavy atom. The quantitative estimate of drug-likeness (QED) is 0.122. The van der Waals surface area contributed by atoms with E-state index in [1.165, 1.54) is 54.6 Å². The van der Waals surface area contributed by atoms with Crippen molar-refractivity contribution in [1.29, 1.82) is 0 Å². The van der Waals surface area contributed by atoms with Crippen molar-refractivity contribution >= 4 is 74.5 Å². The highest BCUT2D eigenvalue weighted by Crippen LogP contribution is 2.43. The molecule has 3 aromatic heterocycles. The van der Waals surface area contributed by atoms with E-state index in [1.54, 1.807) is 122 Å². The Balaban J connectivity index is 0.991. The van der Waals surface area contributed by atoms with E-state index >= 15 is 19.2 Å². The summed E-state index contributed by atoms with van der Waals surface area (Å²) in [5.74, 6) is -5.47. The average Bonchev–Trinajstić information content (AvgIpc) is 3.39. The van der Waals surface area contributed by atoms with Crippen LogP contribution >= 0.6 is 0 Å².